The molecule has 0 spiro atoms. The summed E-state index contributed by atoms with van der Waals surface area (Å²) in [7, 11) is 0. The van der Waals surface area contributed by atoms with Gasteiger partial charge in [-0.15, -0.1) is 0 Å². The van der Waals surface area contributed by atoms with Crippen LogP contribution in [0.1, 0.15) is 20.3 Å². The third kappa shape index (κ3) is 4.93. The van der Waals surface area contributed by atoms with E-state index in [1.54, 1.807) is 12.4 Å². The lowest BCUT2D eigenvalue weighted by molar-refractivity contribution is 0.325. The summed E-state index contributed by atoms with van der Waals surface area (Å²) >= 11 is 0. The first-order valence-corrected chi connectivity index (χ1v) is 5.76. The highest BCUT2D eigenvalue weighted by molar-refractivity contribution is 5.33. The summed E-state index contributed by atoms with van der Waals surface area (Å²) in [6.07, 6.45) is 4.46. The van der Waals surface area contributed by atoms with Crippen LogP contribution in [0.15, 0.2) is 12.4 Å². The zero-order chi connectivity index (χ0) is 11.6. The predicted molar refractivity (Wildman–Crippen MR) is 64.9 cm³/mol. The Balaban J connectivity index is 2.27. The molecule has 0 unspecified atom stereocenters. The maximum atomic E-state index is 5.26. The zero-order valence-electron chi connectivity index (χ0n) is 9.99. The lowest BCUT2D eigenvalue weighted by atomic mass is 10.4. The standard InChI is InChI=1S/C11H20N4O/c1-3-5-12-6-7-14-10-8-13-9-11(15-10)16-4-2/h8-9,12H,3-7H2,1-2H3,(H,14,15). The van der Waals surface area contributed by atoms with Gasteiger partial charge in [0, 0.05) is 13.1 Å². The van der Waals surface area contributed by atoms with Crippen molar-refractivity contribution in [3.63, 3.8) is 0 Å². The van der Waals surface area contributed by atoms with Crippen molar-refractivity contribution in [1.82, 2.24) is 15.3 Å². The van der Waals surface area contributed by atoms with Crippen LogP contribution in [0.25, 0.3) is 0 Å². The Morgan fingerprint density at radius 3 is 2.81 bits per heavy atom. The fraction of sp³-hybridized carbons (Fsp3) is 0.636. The number of ether oxygens (including phenoxy) is 1. The van der Waals surface area contributed by atoms with Gasteiger partial charge in [0.1, 0.15) is 5.82 Å². The summed E-state index contributed by atoms with van der Waals surface area (Å²) in [5.41, 5.74) is 0. The van der Waals surface area contributed by atoms with Gasteiger partial charge in [-0.05, 0) is 19.9 Å². The van der Waals surface area contributed by atoms with Crippen LogP contribution in [0, 0.1) is 0 Å². The molecule has 5 heteroatoms. The lowest BCUT2D eigenvalue weighted by Gasteiger charge is -2.07. The Bertz CT molecular complexity index is 293. The van der Waals surface area contributed by atoms with Crippen molar-refractivity contribution in [2.45, 2.75) is 20.3 Å². The second-order valence-electron chi connectivity index (χ2n) is 3.35. The average Bonchev–Trinajstić information content (AvgIpc) is 2.30. The first-order chi connectivity index (χ1) is 7.86. The van der Waals surface area contributed by atoms with Gasteiger partial charge in [0.05, 0.1) is 19.0 Å². The number of hydrogen-bond acceptors (Lipinski definition) is 5. The van der Waals surface area contributed by atoms with Gasteiger partial charge in [-0.2, -0.15) is 4.98 Å². The maximum absolute atomic E-state index is 5.26. The molecule has 0 aromatic carbocycles. The second-order valence-corrected chi connectivity index (χ2v) is 3.35. The molecule has 0 amide bonds. The zero-order valence-corrected chi connectivity index (χ0v) is 9.99. The Hall–Kier alpha value is -1.36. The minimum absolute atomic E-state index is 0.564. The van der Waals surface area contributed by atoms with Gasteiger partial charge in [0.2, 0.25) is 5.88 Å². The first-order valence-electron chi connectivity index (χ1n) is 5.76. The molecule has 1 aromatic rings. The highest BCUT2D eigenvalue weighted by Crippen LogP contribution is 2.07. The third-order valence-electron chi connectivity index (χ3n) is 1.94. The van der Waals surface area contributed by atoms with Crippen molar-refractivity contribution in [2.24, 2.45) is 0 Å². The van der Waals surface area contributed by atoms with Crippen LogP contribution >= 0.6 is 0 Å². The number of nitrogens with zero attached hydrogens (tertiary/aromatic N) is 2. The summed E-state index contributed by atoms with van der Waals surface area (Å²) in [5, 5.41) is 6.49. The molecule has 0 saturated heterocycles. The molecule has 0 aliphatic carbocycles. The minimum Gasteiger partial charge on any atom is -0.477 e. The van der Waals surface area contributed by atoms with E-state index in [0.717, 1.165) is 31.9 Å². The molecule has 0 aliphatic heterocycles. The van der Waals surface area contributed by atoms with E-state index >= 15 is 0 Å². The molecule has 5 nitrogen and oxygen atoms in total. The smallest absolute Gasteiger partial charge is 0.234 e. The van der Waals surface area contributed by atoms with Crippen LogP contribution in [-0.4, -0.2) is 36.2 Å². The Labute approximate surface area is 96.6 Å². The summed E-state index contributed by atoms with van der Waals surface area (Å²) in [4.78, 5) is 8.30. The normalized spacial score (nSPS) is 10.1. The third-order valence-corrected chi connectivity index (χ3v) is 1.94. The fourth-order valence-electron chi connectivity index (χ4n) is 1.23. The average molecular weight is 224 g/mol. The van der Waals surface area contributed by atoms with Crippen LogP contribution in [-0.2, 0) is 0 Å². The van der Waals surface area contributed by atoms with Crippen LogP contribution in [0.2, 0.25) is 0 Å². The molecular formula is C11H20N4O. The molecule has 1 heterocycles. The van der Waals surface area contributed by atoms with E-state index in [2.05, 4.69) is 27.5 Å². The largest absolute Gasteiger partial charge is 0.477 e. The van der Waals surface area contributed by atoms with Gasteiger partial charge in [-0.1, -0.05) is 6.92 Å². The Morgan fingerprint density at radius 2 is 2.06 bits per heavy atom. The van der Waals surface area contributed by atoms with E-state index in [0.29, 0.717) is 12.5 Å². The van der Waals surface area contributed by atoms with E-state index in [1.807, 2.05) is 6.92 Å². The molecule has 0 bridgehead atoms. The van der Waals surface area contributed by atoms with Crippen LogP contribution < -0.4 is 15.4 Å². The lowest BCUT2D eigenvalue weighted by Crippen LogP contribution is -2.23. The van der Waals surface area contributed by atoms with Crippen LogP contribution in [0.3, 0.4) is 0 Å². The predicted octanol–water partition coefficient (Wildman–Crippen LogP) is 1.29. The summed E-state index contributed by atoms with van der Waals surface area (Å²) < 4.78 is 5.26. The molecule has 90 valence electrons. The Kier molecular flexibility index (Phi) is 6.25. The highest BCUT2D eigenvalue weighted by atomic mass is 16.5. The van der Waals surface area contributed by atoms with E-state index in [1.165, 1.54) is 0 Å². The van der Waals surface area contributed by atoms with Gasteiger partial charge in [0.15, 0.2) is 0 Å². The van der Waals surface area contributed by atoms with Crippen molar-refractivity contribution >= 4 is 5.82 Å². The van der Waals surface area contributed by atoms with E-state index in [9.17, 15) is 0 Å². The molecule has 1 aromatic heterocycles. The van der Waals surface area contributed by atoms with Crippen LogP contribution in [0.5, 0.6) is 5.88 Å². The monoisotopic (exact) mass is 224 g/mol. The first kappa shape index (κ1) is 12.7. The van der Waals surface area contributed by atoms with Crippen molar-refractivity contribution in [2.75, 3.05) is 31.6 Å². The van der Waals surface area contributed by atoms with Crippen molar-refractivity contribution in [1.29, 1.82) is 0 Å². The molecule has 0 radical (unpaired) electrons. The van der Waals surface area contributed by atoms with E-state index in [-0.39, 0.29) is 0 Å². The molecule has 16 heavy (non-hydrogen) atoms. The summed E-state index contributed by atoms with van der Waals surface area (Å²) in [6, 6.07) is 0. The maximum Gasteiger partial charge on any atom is 0.234 e. The van der Waals surface area contributed by atoms with Gasteiger partial charge in [0.25, 0.3) is 0 Å². The SMILES string of the molecule is CCCNCCNc1cncc(OCC)n1. The minimum atomic E-state index is 0.564. The Morgan fingerprint density at radius 1 is 1.19 bits per heavy atom. The fourth-order valence-corrected chi connectivity index (χ4v) is 1.23. The highest BCUT2D eigenvalue weighted by Gasteiger charge is 1.97. The van der Waals surface area contributed by atoms with Crippen LogP contribution in [0.4, 0.5) is 5.82 Å². The molecule has 0 aliphatic rings. The van der Waals surface area contributed by atoms with Gasteiger partial charge in [-0.3, -0.25) is 4.98 Å². The number of anilines is 1. The number of rotatable bonds is 8. The summed E-state index contributed by atoms with van der Waals surface area (Å²) in [6.45, 7) is 7.50. The second kappa shape index (κ2) is 7.87. The molecular weight excluding hydrogens is 204 g/mol. The summed E-state index contributed by atoms with van der Waals surface area (Å²) in [5.74, 6) is 1.32. The quantitative estimate of drug-likeness (QED) is 0.652. The van der Waals surface area contributed by atoms with E-state index < -0.39 is 0 Å². The molecule has 0 fully saturated rings. The molecule has 1 rings (SSSR count). The van der Waals surface area contributed by atoms with Gasteiger partial charge in [-0.25, -0.2) is 0 Å². The van der Waals surface area contributed by atoms with Gasteiger partial charge < -0.3 is 15.4 Å². The van der Waals surface area contributed by atoms with Crippen molar-refractivity contribution in [3.05, 3.63) is 12.4 Å². The molecule has 0 atom stereocenters. The topological polar surface area (TPSA) is 59.1 Å². The van der Waals surface area contributed by atoms with Gasteiger partial charge >= 0.3 is 0 Å². The molecule has 2 N–H and O–H groups in total. The number of nitrogens with one attached hydrogen (secondary N) is 2. The van der Waals surface area contributed by atoms with E-state index in [4.69, 9.17) is 4.74 Å². The number of hydrogen-bond donors (Lipinski definition) is 2. The van der Waals surface area contributed by atoms with Crippen molar-refractivity contribution < 1.29 is 4.74 Å². The van der Waals surface area contributed by atoms with Crippen molar-refractivity contribution in [3.8, 4) is 5.88 Å². The number of aromatic nitrogens is 2. The molecule has 0 saturated carbocycles.